The molecule has 0 spiro atoms. The lowest BCUT2D eigenvalue weighted by Gasteiger charge is -2.24. The van der Waals surface area contributed by atoms with Gasteiger partial charge in [0.1, 0.15) is 0 Å². The average molecular weight is 378 g/mol. The predicted molar refractivity (Wildman–Crippen MR) is 91.8 cm³/mol. The monoisotopic (exact) mass is 378 g/mol. The second kappa shape index (κ2) is 6.65. The van der Waals surface area contributed by atoms with Gasteiger partial charge in [0.05, 0.1) is 0 Å². The highest BCUT2D eigenvalue weighted by Crippen LogP contribution is 2.34. The van der Waals surface area contributed by atoms with E-state index in [4.69, 9.17) is 13.9 Å². The van der Waals surface area contributed by atoms with Crippen LogP contribution >= 0.6 is 0 Å². The fraction of sp³-hybridized carbons (Fsp3) is 0.353. The first-order valence-corrected chi connectivity index (χ1v) is 9.79. The minimum absolute atomic E-state index is 0.0711. The van der Waals surface area contributed by atoms with Crippen molar-refractivity contribution >= 4 is 21.6 Å². The van der Waals surface area contributed by atoms with Crippen LogP contribution in [0.2, 0.25) is 0 Å². The Bertz CT molecular complexity index is 930. The number of piperidine rings is 1. The number of anilines is 1. The molecule has 1 aromatic carbocycles. The van der Waals surface area contributed by atoms with Crippen LogP contribution in [0.1, 0.15) is 29.8 Å². The quantitative estimate of drug-likeness (QED) is 0.877. The zero-order valence-electron chi connectivity index (χ0n) is 13.9. The third-order valence-electron chi connectivity index (χ3n) is 4.34. The third-order valence-corrected chi connectivity index (χ3v) is 6.12. The molecule has 0 atom stereocenters. The highest BCUT2D eigenvalue weighted by atomic mass is 32.2. The van der Waals surface area contributed by atoms with Crippen LogP contribution in [0, 0.1) is 0 Å². The van der Waals surface area contributed by atoms with Gasteiger partial charge in [0, 0.05) is 24.8 Å². The summed E-state index contributed by atoms with van der Waals surface area (Å²) in [5.41, 5.74) is 0.496. The third kappa shape index (κ3) is 3.15. The van der Waals surface area contributed by atoms with E-state index in [0.717, 1.165) is 19.3 Å². The number of sulfonamides is 1. The van der Waals surface area contributed by atoms with Gasteiger partial charge in [0.2, 0.25) is 11.9 Å². The number of fused-ring (bicyclic) bond motifs is 1. The predicted octanol–water partition coefficient (Wildman–Crippen LogP) is 2.44. The van der Waals surface area contributed by atoms with Gasteiger partial charge in [-0.05, 0) is 37.1 Å². The van der Waals surface area contributed by atoms with E-state index in [1.807, 2.05) is 0 Å². The molecule has 26 heavy (non-hydrogen) atoms. The molecule has 2 aromatic rings. The first-order valence-electron chi connectivity index (χ1n) is 8.35. The molecule has 2 aliphatic heterocycles. The van der Waals surface area contributed by atoms with Gasteiger partial charge in [-0.25, -0.2) is 8.42 Å². The molecule has 4 rings (SSSR count). The molecule has 138 valence electrons. The molecule has 1 fully saturated rings. The van der Waals surface area contributed by atoms with Crippen LogP contribution in [0.3, 0.4) is 0 Å². The van der Waals surface area contributed by atoms with Crippen molar-refractivity contribution in [2.75, 3.05) is 25.2 Å². The molecule has 1 N–H and O–H groups in total. The number of furan rings is 1. The smallest absolute Gasteiger partial charge is 0.291 e. The van der Waals surface area contributed by atoms with E-state index in [1.165, 1.54) is 16.4 Å². The Morgan fingerprint density at radius 2 is 1.77 bits per heavy atom. The maximum atomic E-state index is 12.6. The number of nitrogens with one attached hydrogen (secondary N) is 1. The second-order valence-corrected chi connectivity index (χ2v) is 7.97. The average Bonchev–Trinajstić information content (AvgIpc) is 3.32. The first kappa shape index (κ1) is 16.9. The van der Waals surface area contributed by atoms with Crippen LogP contribution in [0.15, 0.2) is 39.8 Å². The van der Waals surface area contributed by atoms with Gasteiger partial charge in [-0.3, -0.25) is 4.79 Å². The molecule has 0 radical (unpaired) electrons. The van der Waals surface area contributed by atoms with Crippen molar-refractivity contribution in [2.24, 2.45) is 0 Å². The summed E-state index contributed by atoms with van der Waals surface area (Å²) in [7, 11) is -3.71. The first-order chi connectivity index (χ1) is 12.5. The number of benzene rings is 1. The molecule has 0 unspecified atom stereocenters. The fourth-order valence-corrected chi connectivity index (χ4v) is 4.41. The molecule has 0 aliphatic carbocycles. The van der Waals surface area contributed by atoms with E-state index in [1.54, 1.807) is 18.2 Å². The summed E-state index contributed by atoms with van der Waals surface area (Å²) in [5.74, 6) is 0.536. The molecular weight excluding hydrogens is 360 g/mol. The summed E-state index contributed by atoms with van der Waals surface area (Å²) in [6.45, 7) is 1.09. The van der Waals surface area contributed by atoms with Crippen molar-refractivity contribution in [3.05, 3.63) is 36.1 Å². The topological polar surface area (TPSA) is 98.1 Å². The van der Waals surface area contributed by atoms with Gasteiger partial charge in [0.15, 0.2) is 17.3 Å². The van der Waals surface area contributed by atoms with Crippen LogP contribution in [0.5, 0.6) is 11.5 Å². The van der Waals surface area contributed by atoms with Crippen molar-refractivity contribution in [3.63, 3.8) is 0 Å². The molecular formula is C17H18N2O6S. The maximum absolute atomic E-state index is 12.6. The number of amides is 1. The molecule has 1 saturated heterocycles. The Labute approximate surface area is 150 Å². The van der Waals surface area contributed by atoms with Gasteiger partial charge >= 0.3 is 0 Å². The van der Waals surface area contributed by atoms with Crippen LogP contribution in [0.25, 0.3) is 0 Å². The summed E-state index contributed by atoms with van der Waals surface area (Å²) in [6, 6.07) is 7.66. The molecule has 1 amide bonds. The van der Waals surface area contributed by atoms with E-state index < -0.39 is 15.9 Å². The largest absolute Gasteiger partial charge is 0.454 e. The maximum Gasteiger partial charge on any atom is 0.291 e. The van der Waals surface area contributed by atoms with Crippen LogP contribution in [0.4, 0.5) is 5.69 Å². The summed E-state index contributed by atoms with van der Waals surface area (Å²) in [6.07, 6.45) is 2.68. The van der Waals surface area contributed by atoms with Gasteiger partial charge in [-0.1, -0.05) is 6.42 Å². The number of hydrogen-bond donors (Lipinski definition) is 1. The summed E-state index contributed by atoms with van der Waals surface area (Å²) in [4.78, 5) is 12.3. The number of nitrogens with zero attached hydrogens (tertiary/aromatic N) is 1. The van der Waals surface area contributed by atoms with E-state index in [9.17, 15) is 13.2 Å². The lowest BCUT2D eigenvalue weighted by atomic mass is 10.2. The van der Waals surface area contributed by atoms with Crippen molar-refractivity contribution in [3.8, 4) is 11.5 Å². The van der Waals surface area contributed by atoms with Crippen molar-refractivity contribution in [1.29, 1.82) is 0 Å². The summed E-state index contributed by atoms with van der Waals surface area (Å²) >= 11 is 0. The number of carbonyl (C=O) groups is 1. The molecule has 9 heteroatoms. The van der Waals surface area contributed by atoms with E-state index in [-0.39, 0.29) is 17.6 Å². The molecule has 3 heterocycles. The number of rotatable bonds is 4. The molecule has 2 aliphatic rings. The normalized spacial score (nSPS) is 17.2. The fourth-order valence-electron chi connectivity index (χ4n) is 2.98. The number of carbonyl (C=O) groups excluding carboxylic acids is 1. The minimum Gasteiger partial charge on any atom is -0.454 e. The molecule has 8 nitrogen and oxygen atoms in total. The Kier molecular flexibility index (Phi) is 4.33. The molecule has 0 bridgehead atoms. The van der Waals surface area contributed by atoms with E-state index >= 15 is 0 Å². The summed E-state index contributed by atoms with van der Waals surface area (Å²) in [5, 5.41) is 2.44. The van der Waals surface area contributed by atoms with E-state index in [0.29, 0.717) is 30.3 Å². The minimum atomic E-state index is -3.71. The summed E-state index contributed by atoms with van der Waals surface area (Å²) < 4.78 is 42.4. The van der Waals surface area contributed by atoms with Gasteiger partial charge in [0.25, 0.3) is 15.9 Å². The zero-order chi connectivity index (χ0) is 18.1. The lowest BCUT2D eigenvalue weighted by Crippen LogP contribution is -2.35. The zero-order valence-corrected chi connectivity index (χ0v) is 14.8. The van der Waals surface area contributed by atoms with Gasteiger partial charge in [-0.15, -0.1) is 0 Å². The highest BCUT2D eigenvalue weighted by molar-refractivity contribution is 7.89. The van der Waals surface area contributed by atoms with Crippen LogP contribution in [-0.4, -0.2) is 38.5 Å². The van der Waals surface area contributed by atoms with Crippen LogP contribution in [-0.2, 0) is 10.0 Å². The molecule has 0 saturated carbocycles. The highest BCUT2D eigenvalue weighted by Gasteiger charge is 2.29. The van der Waals surface area contributed by atoms with Crippen molar-refractivity contribution < 1.29 is 27.1 Å². The number of hydrogen-bond acceptors (Lipinski definition) is 6. The lowest BCUT2D eigenvalue weighted by molar-refractivity contribution is 0.0991. The Morgan fingerprint density at radius 1 is 1.00 bits per heavy atom. The second-order valence-electron chi connectivity index (χ2n) is 6.11. The van der Waals surface area contributed by atoms with Crippen molar-refractivity contribution in [2.45, 2.75) is 24.4 Å². The Hall–Kier alpha value is -2.52. The molecule has 1 aromatic heterocycles. The van der Waals surface area contributed by atoms with Crippen molar-refractivity contribution in [1.82, 2.24) is 4.31 Å². The van der Waals surface area contributed by atoms with Crippen LogP contribution < -0.4 is 14.8 Å². The Balaban J connectivity index is 1.49. The standard InChI is InChI=1S/C17H18N2O6S/c20-17(18-12-4-5-13-15(10-12)24-11-23-13)14-6-7-16(25-14)26(21,22)19-8-2-1-3-9-19/h4-7,10H,1-3,8-9,11H2,(H,18,20). The number of ether oxygens (including phenoxy) is 2. The SMILES string of the molecule is O=C(Nc1ccc2c(c1)OCO2)c1ccc(S(=O)(=O)N2CCCCC2)o1. The van der Waals surface area contributed by atoms with E-state index in [2.05, 4.69) is 5.32 Å². The Morgan fingerprint density at radius 3 is 2.58 bits per heavy atom. The van der Waals surface area contributed by atoms with Gasteiger partial charge < -0.3 is 19.2 Å². The van der Waals surface area contributed by atoms with Gasteiger partial charge in [-0.2, -0.15) is 4.31 Å².